The Morgan fingerprint density at radius 2 is 1.87 bits per heavy atom. The summed E-state index contributed by atoms with van der Waals surface area (Å²) in [7, 11) is 2.97. The van der Waals surface area contributed by atoms with Crippen LogP contribution in [0, 0.1) is 0 Å². The van der Waals surface area contributed by atoms with Crippen LogP contribution in [0.15, 0.2) is 5.38 Å². The Labute approximate surface area is 142 Å². The summed E-state index contributed by atoms with van der Waals surface area (Å²) < 4.78 is 10.1. The van der Waals surface area contributed by atoms with Crippen LogP contribution < -0.4 is 0 Å². The molecule has 1 fully saturated rings. The maximum Gasteiger partial charge on any atom is 0.279 e. The first-order chi connectivity index (χ1) is 10.8. The van der Waals surface area contributed by atoms with Gasteiger partial charge in [-0.05, 0) is 0 Å². The Bertz CT molecular complexity index is 515. The zero-order chi connectivity index (χ0) is 17.0. The summed E-state index contributed by atoms with van der Waals surface area (Å²) in [6.07, 6.45) is -0.797. The van der Waals surface area contributed by atoms with E-state index < -0.39 is 6.29 Å². The lowest BCUT2D eigenvalue weighted by Gasteiger charge is -2.35. The fourth-order valence-electron chi connectivity index (χ4n) is 2.53. The van der Waals surface area contributed by atoms with Crippen LogP contribution in [0.5, 0.6) is 0 Å². The van der Waals surface area contributed by atoms with E-state index in [1.807, 2.05) is 0 Å². The van der Waals surface area contributed by atoms with Gasteiger partial charge in [0, 0.05) is 57.7 Å². The fourth-order valence-corrected chi connectivity index (χ4v) is 3.42. The first-order valence-electron chi connectivity index (χ1n) is 7.86. The van der Waals surface area contributed by atoms with E-state index in [9.17, 15) is 4.79 Å². The predicted octanol–water partition coefficient (Wildman–Crippen LogP) is 1.70. The summed E-state index contributed by atoms with van der Waals surface area (Å²) in [5, 5.41) is 3.31. The average molecular weight is 341 g/mol. The van der Waals surface area contributed by atoms with Crippen LogP contribution in [0.2, 0.25) is 0 Å². The predicted molar refractivity (Wildman–Crippen MR) is 90.5 cm³/mol. The van der Waals surface area contributed by atoms with Gasteiger partial charge in [-0.2, -0.15) is 0 Å². The lowest BCUT2D eigenvalue weighted by molar-refractivity contribution is -0.171. The summed E-state index contributed by atoms with van der Waals surface area (Å²) >= 11 is 1.73. The molecule has 6 nitrogen and oxygen atoms in total. The van der Waals surface area contributed by atoms with Crippen LogP contribution in [-0.2, 0) is 26.2 Å². The van der Waals surface area contributed by atoms with E-state index >= 15 is 0 Å². The van der Waals surface area contributed by atoms with Crippen molar-refractivity contribution in [1.29, 1.82) is 0 Å². The molecule has 1 saturated heterocycles. The van der Waals surface area contributed by atoms with Gasteiger partial charge in [-0.25, -0.2) is 4.98 Å². The third-order valence-corrected chi connectivity index (χ3v) is 5.21. The molecule has 1 amide bonds. The number of piperazine rings is 1. The van der Waals surface area contributed by atoms with Gasteiger partial charge < -0.3 is 14.4 Å². The van der Waals surface area contributed by atoms with Gasteiger partial charge >= 0.3 is 0 Å². The van der Waals surface area contributed by atoms with E-state index in [2.05, 4.69) is 31.1 Å². The molecule has 0 saturated carbocycles. The molecule has 0 bridgehead atoms. The molecule has 0 N–H and O–H groups in total. The number of aromatic nitrogens is 1. The van der Waals surface area contributed by atoms with Gasteiger partial charge in [-0.1, -0.05) is 20.8 Å². The van der Waals surface area contributed by atoms with E-state index in [-0.39, 0.29) is 11.3 Å². The zero-order valence-electron chi connectivity index (χ0n) is 14.7. The molecule has 2 rings (SSSR count). The highest BCUT2D eigenvalue weighted by atomic mass is 32.1. The van der Waals surface area contributed by atoms with Crippen molar-refractivity contribution >= 4 is 17.2 Å². The Morgan fingerprint density at radius 1 is 1.26 bits per heavy atom. The number of rotatable bonds is 5. The second kappa shape index (κ2) is 7.70. The van der Waals surface area contributed by atoms with Gasteiger partial charge in [0.25, 0.3) is 5.91 Å². The second-order valence-electron chi connectivity index (χ2n) is 6.80. The fraction of sp³-hybridized carbons (Fsp3) is 0.750. The Morgan fingerprint density at radius 3 is 2.35 bits per heavy atom. The van der Waals surface area contributed by atoms with Crippen molar-refractivity contribution in [2.75, 3.05) is 40.4 Å². The molecule has 0 radical (unpaired) electrons. The smallest absolute Gasteiger partial charge is 0.279 e. The van der Waals surface area contributed by atoms with Crippen molar-refractivity contribution in [2.45, 2.75) is 39.0 Å². The Kier molecular flexibility index (Phi) is 6.13. The molecule has 0 aromatic carbocycles. The minimum Gasteiger partial charge on any atom is -0.348 e. The summed E-state index contributed by atoms with van der Waals surface area (Å²) in [6.45, 7) is 10.5. The third kappa shape index (κ3) is 4.73. The van der Waals surface area contributed by atoms with E-state index in [0.29, 0.717) is 13.1 Å². The van der Waals surface area contributed by atoms with Crippen LogP contribution in [0.25, 0.3) is 0 Å². The lowest BCUT2D eigenvalue weighted by atomic mass is 9.98. The van der Waals surface area contributed by atoms with E-state index in [4.69, 9.17) is 14.5 Å². The molecule has 7 heteroatoms. The molecule has 1 aromatic heterocycles. The molecule has 2 heterocycles. The van der Waals surface area contributed by atoms with Crippen molar-refractivity contribution in [3.05, 3.63) is 16.1 Å². The molecule has 0 atom stereocenters. The quantitative estimate of drug-likeness (QED) is 0.763. The van der Waals surface area contributed by atoms with E-state index in [1.54, 1.807) is 16.2 Å². The standard InChI is InChI=1S/C16H27N3O3S/c1-16(2,3)15-17-12(11-23-15)10-18-6-8-19(9-7-18)13(20)14(21-4)22-5/h11,14H,6-10H2,1-5H3. The minimum atomic E-state index is -0.797. The first-order valence-corrected chi connectivity index (χ1v) is 8.74. The van der Waals surface area contributed by atoms with Crippen LogP contribution >= 0.6 is 11.3 Å². The maximum atomic E-state index is 12.2. The number of nitrogens with zero attached hydrogens (tertiary/aromatic N) is 3. The average Bonchev–Trinajstić information content (AvgIpc) is 2.98. The van der Waals surface area contributed by atoms with Crippen LogP contribution in [0.4, 0.5) is 0 Å². The molecule has 1 aliphatic rings. The lowest BCUT2D eigenvalue weighted by Crippen LogP contribution is -2.51. The van der Waals surface area contributed by atoms with Crippen molar-refractivity contribution in [3.63, 3.8) is 0 Å². The van der Waals surface area contributed by atoms with Gasteiger partial charge in [-0.3, -0.25) is 9.69 Å². The summed E-state index contributed by atoms with van der Waals surface area (Å²) in [4.78, 5) is 21.1. The maximum absolute atomic E-state index is 12.2. The number of carbonyl (C=O) groups is 1. The zero-order valence-corrected chi connectivity index (χ0v) is 15.5. The highest BCUT2D eigenvalue weighted by Crippen LogP contribution is 2.26. The molecule has 1 aromatic rings. The number of hydrogen-bond donors (Lipinski definition) is 0. The number of hydrogen-bond acceptors (Lipinski definition) is 6. The number of ether oxygens (including phenoxy) is 2. The van der Waals surface area contributed by atoms with Crippen LogP contribution in [-0.4, -0.2) is 67.4 Å². The van der Waals surface area contributed by atoms with Gasteiger partial charge in [0.15, 0.2) is 0 Å². The monoisotopic (exact) mass is 341 g/mol. The van der Waals surface area contributed by atoms with Crippen molar-refractivity contribution < 1.29 is 14.3 Å². The molecular formula is C16H27N3O3S. The van der Waals surface area contributed by atoms with E-state index in [0.717, 1.165) is 25.3 Å². The van der Waals surface area contributed by atoms with Crippen molar-refractivity contribution in [1.82, 2.24) is 14.8 Å². The summed E-state index contributed by atoms with van der Waals surface area (Å²) in [6, 6.07) is 0. The van der Waals surface area contributed by atoms with Gasteiger partial charge in [0.2, 0.25) is 6.29 Å². The number of thiazole rings is 1. The number of carbonyl (C=O) groups excluding carboxylic acids is 1. The molecule has 0 aliphatic carbocycles. The molecule has 0 spiro atoms. The Hall–Kier alpha value is -1.02. The SMILES string of the molecule is COC(OC)C(=O)N1CCN(Cc2csc(C(C)(C)C)n2)CC1. The van der Waals surface area contributed by atoms with Gasteiger partial charge in [-0.15, -0.1) is 11.3 Å². The highest BCUT2D eigenvalue weighted by molar-refractivity contribution is 7.09. The second-order valence-corrected chi connectivity index (χ2v) is 7.66. The normalized spacial score (nSPS) is 17.0. The van der Waals surface area contributed by atoms with Gasteiger partial charge in [0.05, 0.1) is 10.7 Å². The molecule has 0 unspecified atom stereocenters. The van der Waals surface area contributed by atoms with Crippen molar-refractivity contribution in [3.8, 4) is 0 Å². The number of methoxy groups -OCH3 is 2. The molecule has 23 heavy (non-hydrogen) atoms. The molecule has 130 valence electrons. The topological polar surface area (TPSA) is 54.9 Å². The highest BCUT2D eigenvalue weighted by Gasteiger charge is 2.27. The minimum absolute atomic E-state index is 0.0988. The van der Waals surface area contributed by atoms with Crippen LogP contribution in [0.3, 0.4) is 0 Å². The third-order valence-electron chi connectivity index (χ3n) is 3.89. The van der Waals surface area contributed by atoms with Gasteiger partial charge in [0.1, 0.15) is 0 Å². The largest absolute Gasteiger partial charge is 0.348 e. The summed E-state index contributed by atoms with van der Waals surface area (Å²) in [5.74, 6) is -0.0988. The van der Waals surface area contributed by atoms with E-state index in [1.165, 1.54) is 19.2 Å². The number of amides is 1. The Balaban J connectivity index is 1.85. The molecule has 1 aliphatic heterocycles. The first kappa shape index (κ1) is 18.3. The molecular weight excluding hydrogens is 314 g/mol. The summed E-state index contributed by atoms with van der Waals surface area (Å²) in [5.41, 5.74) is 1.22. The van der Waals surface area contributed by atoms with Crippen molar-refractivity contribution in [2.24, 2.45) is 0 Å². The van der Waals surface area contributed by atoms with Crippen LogP contribution in [0.1, 0.15) is 31.5 Å².